The fourth-order valence-electron chi connectivity index (χ4n) is 2.63. The molecule has 6 heteroatoms. The number of nitrogens with one attached hydrogen (secondary N) is 1. The van der Waals surface area contributed by atoms with E-state index in [1.807, 2.05) is 32.2 Å². The van der Waals surface area contributed by atoms with Crippen LogP contribution in [0.2, 0.25) is 0 Å². The zero-order chi connectivity index (χ0) is 20.6. The Kier molecular flexibility index (Phi) is 9.32. The molecule has 0 spiro atoms. The van der Waals surface area contributed by atoms with Gasteiger partial charge in [0.15, 0.2) is 0 Å². The van der Waals surface area contributed by atoms with Gasteiger partial charge in [-0.3, -0.25) is 9.52 Å². The second-order valence-corrected chi connectivity index (χ2v) is 6.81. The first-order chi connectivity index (χ1) is 12.7. The number of carbonyl (C=O) groups is 1. The van der Waals surface area contributed by atoms with E-state index in [0.717, 1.165) is 22.3 Å². The van der Waals surface area contributed by atoms with Crippen molar-refractivity contribution in [1.82, 2.24) is 4.72 Å². The summed E-state index contributed by atoms with van der Waals surface area (Å²) in [5.41, 5.74) is 4.96. The minimum absolute atomic E-state index is 0.190. The average molecular weight is 394 g/mol. The molecule has 0 unspecified atom stereocenters. The van der Waals surface area contributed by atoms with E-state index in [1.165, 1.54) is 18.9 Å². The third kappa shape index (κ3) is 6.56. The van der Waals surface area contributed by atoms with E-state index < -0.39 is 0 Å². The second-order valence-electron chi connectivity index (χ2n) is 6.12. The highest BCUT2D eigenvalue weighted by molar-refractivity contribution is 7.96. The zero-order valence-corrected chi connectivity index (χ0v) is 17.6. The molecule has 0 saturated carbocycles. The van der Waals surface area contributed by atoms with E-state index in [9.17, 15) is 14.3 Å². The minimum atomic E-state index is -0.211. The van der Waals surface area contributed by atoms with E-state index in [-0.39, 0.29) is 17.5 Å². The number of phenols is 1. The Morgan fingerprint density at radius 1 is 1.22 bits per heavy atom. The van der Waals surface area contributed by atoms with Gasteiger partial charge in [0.05, 0.1) is 6.61 Å². The van der Waals surface area contributed by atoms with Gasteiger partial charge in [-0.1, -0.05) is 18.0 Å². The molecule has 0 bridgehead atoms. The summed E-state index contributed by atoms with van der Waals surface area (Å²) in [6.07, 6.45) is 1.91. The Bertz CT molecular complexity index is 793. The minimum Gasteiger partial charge on any atom is -0.507 e. The Hall–Kier alpha value is -2.05. The van der Waals surface area contributed by atoms with E-state index in [1.54, 1.807) is 26.0 Å². The van der Waals surface area contributed by atoms with Gasteiger partial charge in [-0.25, -0.2) is 4.39 Å². The molecule has 0 radical (unpaired) electrons. The van der Waals surface area contributed by atoms with Crippen LogP contribution in [0.1, 0.15) is 36.1 Å². The van der Waals surface area contributed by atoms with Crippen LogP contribution < -0.4 is 4.72 Å². The van der Waals surface area contributed by atoms with Crippen molar-refractivity contribution in [3.8, 4) is 16.9 Å². The highest BCUT2D eigenvalue weighted by Crippen LogP contribution is 2.35. The maximum atomic E-state index is 14.2. The van der Waals surface area contributed by atoms with Crippen LogP contribution >= 0.6 is 11.9 Å². The van der Waals surface area contributed by atoms with Crippen LogP contribution in [0.15, 0.2) is 24.3 Å². The van der Waals surface area contributed by atoms with Crippen LogP contribution in [0.3, 0.4) is 0 Å². The summed E-state index contributed by atoms with van der Waals surface area (Å²) in [6, 6.07) is 7.18. The van der Waals surface area contributed by atoms with Gasteiger partial charge in [0, 0.05) is 24.6 Å². The smallest absolute Gasteiger partial charge is 0.302 e. The lowest BCUT2D eigenvalue weighted by molar-refractivity contribution is -0.140. The third-order valence-corrected chi connectivity index (χ3v) is 4.52. The average Bonchev–Trinajstić information content (AvgIpc) is 2.60. The van der Waals surface area contributed by atoms with Crippen molar-refractivity contribution < 1.29 is 19.0 Å². The van der Waals surface area contributed by atoms with Crippen LogP contribution in [0.4, 0.5) is 4.39 Å². The summed E-state index contributed by atoms with van der Waals surface area (Å²) in [5.74, 6) is -0.171. The van der Waals surface area contributed by atoms with E-state index in [0.29, 0.717) is 24.3 Å². The number of rotatable bonds is 5. The fraction of sp³-hybridized carbons (Fsp3) is 0.381. The maximum Gasteiger partial charge on any atom is 0.302 e. The molecule has 0 saturated heterocycles. The van der Waals surface area contributed by atoms with E-state index in [2.05, 4.69) is 9.46 Å². The fourth-order valence-corrected chi connectivity index (χ4v) is 2.93. The molecular weight excluding hydrogens is 365 g/mol. The van der Waals surface area contributed by atoms with Gasteiger partial charge in [-0.2, -0.15) is 0 Å². The molecule has 0 aliphatic heterocycles. The molecule has 0 amide bonds. The summed E-state index contributed by atoms with van der Waals surface area (Å²) in [7, 11) is 0. The summed E-state index contributed by atoms with van der Waals surface area (Å²) in [5, 5.41) is 10.2. The lowest BCUT2D eigenvalue weighted by atomic mass is 9.93. The molecule has 148 valence electrons. The van der Waals surface area contributed by atoms with Crippen molar-refractivity contribution in [3.63, 3.8) is 0 Å². The molecule has 0 heterocycles. The van der Waals surface area contributed by atoms with Crippen molar-refractivity contribution in [2.45, 2.75) is 41.2 Å². The molecule has 0 atom stereocenters. The number of aryl methyl sites for hydroxylation is 2. The molecule has 2 aromatic carbocycles. The molecule has 2 aromatic rings. The number of phenolic OH excluding ortho intramolecular Hbond substituents is 1. The lowest BCUT2D eigenvalue weighted by Crippen LogP contribution is -2.06. The molecule has 0 aromatic heterocycles. The largest absolute Gasteiger partial charge is 0.507 e. The lowest BCUT2D eigenvalue weighted by Gasteiger charge is -2.14. The summed E-state index contributed by atoms with van der Waals surface area (Å²) >= 11 is 1.46. The molecule has 0 fully saturated rings. The van der Waals surface area contributed by atoms with Gasteiger partial charge in [0.2, 0.25) is 0 Å². The normalized spacial score (nSPS) is 10.2. The number of aromatic hydroxyl groups is 1. The molecule has 4 nitrogen and oxygen atoms in total. The molecule has 2 rings (SSSR count). The first-order valence-electron chi connectivity index (χ1n) is 8.70. The first kappa shape index (κ1) is 23.0. The number of benzene rings is 2. The topological polar surface area (TPSA) is 58.6 Å². The van der Waals surface area contributed by atoms with Gasteiger partial charge in [-0.15, -0.1) is 0 Å². The predicted octanol–water partition coefficient (Wildman–Crippen LogP) is 5.06. The quantitative estimate of drug-likeness (QED) is 0.549. The van der Waals surface area contributed by atoms with Crippen molar-refractivity contribution in [2.75, 3.05) is 12.9 Å². The van der Waals surface area contributed by atoms with Gasteiger partial charge < -0.3 is 9.84 Å². The Balaban J connectivity index is 0.000000527. The van der Waals surface area contributed by atoms with Gasteiger partial charge >= 0.3 is 5.97 Å². The summed E-state index contributed by atoms with van der Waals surface area (Å²) in [6.45, 7) is 9.84. The summed E-state index contributed by atoms with van der Waals surface area (Å²) in [4.78, 5) is 9.82. The molecular formula is C21H28FNO3S. The Morgan fingerprint density at radius 2 is 1.89 bits per heavy atom. The van der Waals surface area contributed by atoms with Crippen molar-refractivity contribution in [3.05, 3.63) is 52.3 Å². The van der Waals surface area contributed by atoms with E-state index in [4.69, 9.17) is 0 Å². The zero-order valence-electron chi connectivity index (χ0n) is 16.8. The summed E-state index contributed by atoms with van der Waals surface area (Å²) < 4.78 is 21.7. The van der Waals surface area contributed by atoms with Gasteiger partial charge in [-0.05, 0) is 74.4 Å². The number of ether oxygens (including phenoxy) is 1. The standard InChI is InChI=1S/C17H20FNOS.C4H8O2/c1-10-5-6-15(20)16(12(10)3)13-7-11(2)17(18)14(8-13)9-19-21-4;1-3-6-4(2)5/h5-8,19-20H,9H2,1-4H3;3H2,1-2H3. The number of hydrogen-bond donors (Lipinski definition) is 2. The van der Waals surface area contributed by atoms with Crippen molar-refractivity contribution in [1.29, 1.82) is 0 Å². The van der Waals surface area contributed by atoms with Crippen LogP contribution in [-0.2, 0) is 16.1 Å². The monoisotopic (exact) mass is 393 g/mol. The van der Waals surface area contributed by atoms with Crippen LogP contribution in [0.5, 0.6) is 5.75 Å². The maximum absolute atomic E-state index is 14.2. The number of esters is 1. The van der Waals surface area contributed by atoms with Gasteiger partial charge in [0.1, 0.15) is 11.6 Å². The second kappa shape index (κ2) is 10.9. The van der Waals surface area contributed by atoms with Crippen molar-refractivity contribution in [2.24, 2.45) is 0 Å². The van der Waals surface area contributed by atoms with Gasteiger partial charge in [0.25, 0.3) is 0 Å². The third-order valence-electron chi connectivity index (χ3n) is 4.09. The van der Waals surface area contributed by atoms with E-state index >= 15 is 0 Å². The highest BCUT2D eigenvalue weighted by atomic mass is 32.2. The van der Waals surface area contributed by atoms with Crippen LogP contribution in [0.25, 0.3) is 11.1 Å². The first-order valence-corrected chi connectivity index (χ1v) is 9.93. The van der Waals surface area contributed by atoms with Crippen LogP contribution in [0, 0.1) is 26.6 Å². The molecule has 0 aliphatic carbocycles. The number of hydrogen-bond acceptors (Lipinski definition) is 5. The molecule has 0 aliphatic rings. The number of carbonyl (C=O) groups excluding carboxylic acids is 1. The Morgan fingerprint density at radius 3 is 2.41 bits per heavy atom. The predicted molar refractivity (Wildman–Crippen MR) is 110 cm³/mol. The molecule has 27 heavy (non-hydrogen) atoms. The SMILES string of the molecule is CCOC(C)=O.CSNCc1cc(-c2c(O)ccc(C)c2C)cc(C)c1F. The van der Waals surface area contributed by atoms with Crippen molar-refractivity contribution >= 4 is 17.9 Å². The number of halogens is 1. The molecule has 2 N–H and O–H groups in total. The Labute approximate surface area is 165 Å². The van der Waals surface area contributed by atoms with Crippen LogP contribution in [-0.4, -0.2) is 23.9 Å². The highest BCUT2D eigenvalue weighted by Gasteiger charge is 2.14.